The third kappa shape index (κ3) is 3.56. The van der Waals surface area contributed by atoms with Crippen molar-refractivity contribution in [2.45, 2.75) is 31.2 Å². The molecule has 0 saturated carbocycles. The number of halogens is 1. The van der Waals surface area contributed by atoms with Gasteiger partial charge in [-0.1, -0.05) is 43.3 Å². The number of thioether (sulfide) groups is 1. The van der Waals surface area contributed by atoms with E-state index in [1.807, 2.05) is 13.0 Å². The van der Waals surface area contributed by atoms with Crippen LogP contribution >= 0.6 is 23.4 Å². The lowest BCUT2D eigenvalue weighted by molar-refractivity contribution is 0.773. The van der Waals surface area contributed by atoms with Crippen LogP contribution in [0.25, 0.3) is 22.0 Å². The maximum atomic E-state index is 6.74. The van der Waals surface area contributed by atoms with Crippen molar-refractivity contribution < 1.29 is 0 Å². The summed E-state index contributed by atoms with van der Waals surface area (Å²) in [7, 11) is 0. The summed E-state index contributed by atoms with van der Waals surface area (Å²) in [6.07, 6.45) is 3.31. The normalized spacial score (nSPS) is 14.2. The number of nitrogens with zero attached hydrogens (tertiary/aromatic N) is 2. The van der Waals surface area contributed by atoms with Crippen LogP contribution in [-0.2, 0) is 12.8 Å². The second-order valence-corrected chi connectivity index (χ2v) is 8.77. The summed E-state index contributed by atoms with van der Waals surface area (Å²) in [6.45, 7) is 5.86. The number of aryl methyl sites for hydroxylation is 2. The first-order chi connectivity index (χ1) is 13.4. The summed E-state index contributed by atoms with van der Waals surface area (Å²) in [5.41, 5.74) is 16.9. The minimum absolute atomic E-state index is 0.189. The van der Waals surface area contributed by atoms with Gasteiger partial charge in [0, 0.05) is 22.9 Å². The molecule has 144 valence electrons. The Bertz CT molecular complexity index is 1080. The number of rotatable bonds is 5. The molecule has 2 aromatic carbocycles. The molecule has 4 nitrogen and oxygen atoms in total. The molecule has 1 unspecified atom stereocenters. The van der Waals surface area contributed by atoms with E-state index in [0.29, 0.717) is 10.7 Å². The van der Waals surface area contributed by atoms with Crippen LogP contribution in [0.1, 0.15) is 24.5 Å². The quantitative estimate of drug-likeness (QED) is 0.445. The van der Waals surface area contributed by atoms with Crippen molar-refractivity contribution in [1.29, 1.82) is 0 Å². The summed E-state index contributed by atoms with van der Waals surface area (Å²) in [5, 5.41) is 3.97. The number of allylic oxidation sites excluding steroid dienone is 1. The summed E-state index contributed by atoms with van der Waals surface area (Å²) in [6, 6.07) is 10.5. The molecule has 1 aromatic heterocycles. The zero-order valence-electron chi connectivity index (χ0n) is 15.8. The summed E-state index contributed by atoms with van der Waals surface area (Å²) in [5.74, 6) is 1.22. The van der Waals surface area contributed by atoms with Crippen molar-refractivity contribution in [3.05, 3.63) is 58.8 Å². The number of nitrogens with two attached hydrogens (primary N) is 2. The van der Waals surface area contributed by atoms with Crippen molar-refractivity contribution in [2.24, 2.45) is 11.7 Å². The fraction of sp³-hybridized carbons (Fsp3) is 0.273. The standard InChI is InChI=1S/C22H23ClN4S/c1-12(13(2)24)11-28-19-10-18(26-22(25)27-19)21-16-8-4-6-14-5-3-7-15(20(14)16)9-17(21)23/h4,6,8-10,12H,2-3,5,7,11,24H2,1H3,(H2,25,26,27). The van der Waals surface area contributed by atoms with Gasteiger partial charge in [-0.2, -0.15) is 0 Å². The molecule has 0 amide bonds. The Morgan fingerprint density at radius 1 is 1.25 bits per heavy atom. The van der Waals surface area contributed by atoms with Crippen molar-refractivity contribution in [2.75, 3.05) is 11.5 Å². The highest BCUT2D eigenvalue weighted by Gasteiger charge is 2.20. The fourth-order valence-corrected chi connectivity index (χ4v) is 5.03. The molecule has 4 rings (SSSR count). The highest BCUT2D eigenvalue weighted by atomic mass is 35.5. The SMILES string of the molecule is C=C(N)C(C)CSc1cc(-c2c(Cl)cc3c4c(cccc24)CCC3)nc(N)n1. The number of anilines is 1. The van der Waals surface area contributed by atoms with Crippen LogP contribution in [0, 0.1) is 5.92 Å². The molecule has 4 N–H and O–H groups in total. The van der Waals surface area contributed by atoms with Gasteiger partial charge in [-0.25, -0.2) is 9.97 Å². The smallest absolute Gasteiger partial charge is 0.221 e. The van der Waals surface area contributed by atoms with Crippen molar-refractivity contribution in [1.82, 2.24) is 9.97 Å². The van der Waals surface area contributed by atoms with E-state index in [4.69, 9.17) is 23.1 Å². The largest absolute Gasteiger partial charge is 0.402 e. The van der Waals surface area contributed by atoms with Crippen molar-refractivity contribution >= 4 is 40.1 Å². The van der Waals surface area contributed by atoms with Gasteiger partial charge in [-0.05, 0) is 53.3 Å². The average molecular weight is 411 g/mol. The Labute approximate surface area is 174 Å². The molecular weight excluding hydrogens is 388 g/mol. The summed E-state index contributed by atoms with van der Waals surface area (Å²) in [4.78, 5) is 8.89. The van der Waals surface area contributed by atoms with Gasteiger partial charge in [0.1, 0.15) is 5.03 Å². The van der Waals surface area contributed by atoms with E-state index < -0.39 is 0 Å². The van der Waals surface area contributed by atoms with Crippen LogP contribution in [-0.4, -0.2) is 15.7 Å². The van der Waals surface area contributed by atoms with E-state index in [-0.39, 0.29) is 11.9 Å². The molecule has 0 bridgehead atoms. The number of benzene rings is 2. The van der Waals surface area contributed by atoms with Gasteiger partial charge >= 0.3 is 0 Å². The highest BCUT2D eigenvalue weighted by molar-refractivity contribution is 7.99. The molecule has 1 aliphatic rings. The topological polar surface area (TPSA) is 77.8 Å². The van der Waals surface area contributed by atoms with Crippen molar-refractivity contribution in [3.63, 3.8) is 0 Å². The predicted octanol–water partition coefficient (Wildman–Crippen LogP) is 5.22. The van der Waals surface area contributed by atoms with Gasteiger partial charge in [0.15, 0.2) is 0 Å². The lowest BCUT2D eigenvalue weighted by atomic mass is 9.86. The zero-order chi connectivity index (χ0) is 19.8. The van der Waals surface area contributed by atoms with Crippen LogP contribution in [0.15, 0.2) is 47.6 Å². The Balaban J connectivity index is 1.82. The fourth-order valence-electron chi connectivity index (χ4n) is 3.71. The molecule has 1 atom stereocenters. The Kier molecular flexibility index (Phi) is 5.21. The van der Waals surface area contributed by atoms with E-state index in [1.54, 1.807) is 11.8 Å². The summed E-state index contributed by atoms with van der Waals surface area (Å²) < 4.78 is 0. The first-order valence-corrected chi connectivity index (χ1v) is 10.8. The molecule has 28 heavy (non-hydrogen) atoms. The average Bonchev–Trinajstić information content (AvgIpc) is 2.66. The van der Waals surface area contributed by atoms with Gasteiger partial charge in [0.25, 0.3) is 0 Å². The Morgan fingerprint density at radius 3 is 2.82 bits per heavy atom. The maximum absolute atomic E-state index is 6.74. The molecule has 0 radical (unpaired) electrons. The lowest BCUT2D eigenvalue weighted by Gasteiger charge is -2.20. The molecule has 6 heteroatoms. The van der Waals surface area contributed by atoms with Gasteiger partial charge < -0.3 is 11.5 Å². The number of aromatic nitrogens is 2. The summed E-state index contributed by atoms with van der Waals surface area (Å²) >= 11 is 8.33. The van der Waals surface area contributed by atoms with Crippen molar-refractivity contribution in [3.8, 4) is 11.3 Å². The molecular formula is C22H23ClN4S. The van der Waals surface area contributed by atoms with Gasteiger partial charge in [-0.3, -0.25) is 0 Å². The maximum Gasteiger partial charge on any atom is 0.221 e. The third-order valence-corrected chi connectivity index (χ3v) is 6.73. The number of nitrogen functional groups attached to an aromatic ring is 1. The van der Waals surface area contributed by atoms with E-state index >= 15 is 0 Å². The number of hydrogen-bond donors (Lipinski definition) is 2. The van der Waals surface area contributed by atoms with E-state index in [2.05, 4.69) is 40.8 Å². The molecule has 3 aromatic rings. The van der Waals surface area contributed by atoms with Gasteiger partial charge in [0.05, 0.1) is 10.7 Å². The van der Waals surface area contributed by atoms with E-state index in [0.717, 1.165) is 46.7 Å². The highest BCUT2D eigenvalue weighted by Crippen LogP contribution is 2.41. The first-order valence-electron chi connectivity index (χ1n) is 9.39. The van der Waals surface area contributed by atoms with E-state index in [1.165, 1.54) is 16.5 Å². The third-order valence-electron chi connectivity index (χ3n) is 5.26. The predicted molar refractivity (Wildman–Crippen MR) is 120 cm³/mol. The molecule has 1 heterocycles. The Hall–Kier alpha value is -2.24. The first kappa shape index (κ1) is 19.1. The zero-order valence-corrected chi connectivity index (χ0v) is 17.4. The molecule has 1 aliphatic carbocycles. The van der Waals surface area contributed by atoms with Crippen LogP contribution in [0.2, 0.25) is 5.02 Å². The minimum Gasteiger partial charge on any atom is -0.402 e. The lowest BCUT2D eigenvalue weighted by Crippen LogP contribution is -2.09. The second kappa shape index (κ2) is 7.64. The van der Waals surface area contributed by atoms with Crippen LogP contribution < -0.4 is 11.5 Å². The van der Waals surface area contributed by atoms with Gasteiger partial charge in [0.2, 0.25) is 5.95 Å². The van der Waals surface area contributed by atoms with Crippen LogP contribution in [0.4, 0.5) is 5.95 Å². The second-order valence-electron chi connectivity index (χ2n) is 7.32. The molecule has 0 spiro atoms. The molecule has 0 aliphatic heterocycles. The van der Waals surface area contributed by atoms with E-state index in [9.17, 15) is 0 Å². The Morgan fingerprint density at radius 2 is 2.04 bits per heavy atom. The molecule has 0 saturated heterocycles. The minimum atomic E-state index is 0.189. The monoisotopic (exact) mass is 410 g/mol. The van der Waals surface area contributed by atoms with Crippen LogP contribution in [0.3, 0.4) is 0 Å². The van der Waals surface area contributed by atoms with Gasteiger partial charge in [-0.15, -0.1) is 11.8 Å². The molecule has 0 fully saturated rings. The van der Waals surface area contributed by atoms with Crippen LogP contribution in [0.5, 0.6) is 0 Å². The number of hydrogen-bond acceptors (Lipinski definition) is 5.